The highest BCUT2D eigenvalue weighted by Gasteiger charge is 2.20. The van der Waals surface area contributed by atoms with Crippen LogP contribution in [-0.4, -0.2) is 15.5 Å². The molecule has 0 bridgehead atoms. The molecule has 0 fully saturated rings. The van der Waals surface area contributed by atoms with Gasteiger partial charge in [0.1, 0.15) is 16.5 Å². The molecule has 2 rings (SSSR count). The van der Waals surface area contributed by atoms with E-state index in [1.54, 1.807) is 5.38 Å². The van der Waals surface area contributed by atoms with Gasteiger partial charge in [-0.2, -0.15) is 0 Å². The topological polar surface area (TPSA) is 81.4 Å². The van der Waals surface area contributed by atoms with Crippen molar-refractivity contribution in [2.24, 2.45) is 5.73 Å². The number of nitrogens with two attached hydrogens (primary N) is 1. The fourth-order valence-corrected chi connectivity index (χ4v) is 4.07. The number of halogens is 1. The Morgan fingerprint density at radius 3 is 2.80 bits per heavy atom. The van der Waals surface area contributed by atoms with Crippen molar-refractivity contribution in [3.63, 3.8) is 0 Å². The van der Waals surface area contributed by atoms with E-state index in [0.29, 0.717) is 4.88 Å². The normalized spacial score (nSPS) is 11.3. The fourth-order valence-electron chi connectivity index (χ4n) is 1.67. The molecule has 0 unspecified atom stereocenters. The molecule has 2 aromatic rings. The Bertz CT molecular complexity index is 713. The lowest BCUT2D eigenvalue weighted by Gasteiger charge is -2.12. The van der Waals surface area contributed by atoms with Gasteiger partial charge in [0.2, 0.25) is 0 Å². The van der Waals surface area contributed by atoms with Crippen molar-refractivity contribution in [3.05, 3.63) is 40.3 Å². The van der Waals surface area contributed by atoms with Crippen molar-refractivity contribution in [2.45, 2.75) is 11.4 Å². The molecule has 0 spiro atoms. The number of rotatable bonds is 5. The minimum Gasteiger partial charge on any atom is -0.494 e. The summed E-state index contributed by atoms with van der Waals surface area (Å²) in [6, 6.07) is 5.04. The average molecular weight is 316 g/mol. The Kier molecular flexibility index (Phi) is 4.26. The van der Waals surface area contributed by atoms with Crippen molar-refractivity contribution >= 4 is 27.0 Å². The number of benzene rings is 1. The summed E-state index contributed by atoms with van der Waals surface area (Å²) in [5.41, 5.74) is 5.67. The maximum Gasteiger partial charge on any atom is 0.263 e. The van der Waals surface area contributed by atoms with E-state index in [2.05, 4.69) is 4.72 Å². The van der Waals surface area contributed by atoms with E-state index in [-0.39, 0.29) is 22.9 Å². The summed E-state index contributed by atoms with van der Waals surface area (Å²) in [6.07, 6.45) is 0. The molecule has 108 valence electrons. The van der Waals surface area contributed by atoms with Crippen LogP contribution in [0.15, 0.2) is 34.5 Å². The zero-order valence-corrected chi connectivity index (χ0v) is 12.2. The van der Waals surface area contributed by atoms with Crippen LogP contribution < -0.4 is 15.2 Å². The second-order valence-corrected chi connectivity index (χ2v) is 6.51. The summed E-state index contributed by atoms with van der Waals surface area (Å²) < 4.78 is 45.0. The van der Waals surface area contributed by atoms with Crippen LogP contribution in [0.25, 0.3) is 0 Å². The molecule has 0 aliphatic heterocycles. The Morgan fingerprint density at radius 2 is 2.15 bits per heavy atom. The van der Waals surface area contributed by atoms with Crippen LogP contribution in [0.4, 0.5) is 10.1 Å². The first kappa shape index (κ1) is 14.8. The van der Waals surface area contributed by atoms with Crippen LogP contribution in [0.1, 0.15) is 4.88 Å². The van der Waals surface area contributed by atoms with Gasteiger partial charge in [0.15, 0.2) is 0 Å². The van der Waals surface area contributed by atoms with E-state index < -0.39 is 15.8 Å². The van der Waals surface area contributed by atoms with Gasteiger partial charge < -0.3 is 10.5 Å². The van der Waals surface area contributed by atoms with Gasteiger partial charge in [0, 0.05) is 17.5 Å². The van der Waals surface area contributed by atoms with Gasteiger partial charge in [-0.15, -0.1) is 11.3 Å². The largest absolute Gasteiger partial charge is 0.494 e. The molecule has 0 aliphatic rings. The number of nitrogens with one attached hydrogen (secondary N) is 1. The van der Waals surface area contributed by atoms with Crippen LogP contribution in [0, 0.1) is 5.82 Å². The van der Waals surface area contributed by atoms with E-state index in [9.17, 15) is 12.8 Å². The van der Waals surface area contributed by atoms with Crippen molar-refractivity contribution in [2.75, 3.05) is 11.8 Å². The number of thiophene rings is 1. The van der Waals surface area contributed by atoms with Gasteiger partial charge >= 0.3 is 0 Å². The molecule has 1 aromatic carbocycles. The van der Waals surface area contributed by atoms with Crippen molar-refractivity contribution in [1.82, 2.24) is 0 Å². The Balaban J connectivity index is 2.38. The van der Waals surface area contributed by atoms with E-state index in [1.807, 2.05) is 0 Å². The molecule has 20 heavy (non-hydrogen) atoms. The second-order valence-electron chi connectivity index (χ2n) is 3.86. The van der Waals surface area contributed by atoms with Gasteiger partial charge in [-0.1, -0.05) is 0 Å². The molecule has 1 heterocycles. The maximum atomic E-state index is 13.1. The summed E-state index contributed by atoms with van der Waals surface area (Å²) in [5.74, 6) is -0.402. The number of anilines is 1. The maximum absolute atomic E-state index is 13.1. The van der Waals surface area contributed by atoms with Gasteiger partial charge in [-0.3, -0.25) is 4.72 Å². The molecular weight excluding hydrogens is 303 g/mol. The fraction of sp³-hybridized carbons (Fsp3) is 0.167. The van der Waals surface area contributed by atoms with Crippen molar-refractivity contribution < 1.29 is 17.5 Å². The molecule has 0 aliphatic carbocycles. The minimum atomic E-state index is -3.78. The lowest BCUT2D eigenvalue weighted by molar-refractivity contribution is 0.413. The van der Waals surface area contributed by atoms with E-state index in [1.165, 1.54) is 30.6 Å². The zero-order valence-electron chi connectivity index (χ0n) is 10.6. The molecule has 0 saturated heterocycles. The molecule has 5 nitrogen and oxygen atoms in total. The molecular formula is C12H13FN2O3S2. The van der Waals surface area contributed by atoms with Crippen LogP contribution in [0.3, 0.4) is 0 Å². The molecule has 0 atom stereocenters. The molecule has 3 N–H and O–H groups in total. The predicted molar refractivity (Wildman–Crippen MR) is 76.0 cm³/mol. The van der Waals surface area contributed by atoms with Gasteiger partial charge in [-0.05, 0) is 23.6 Å². The molecule has 0 amide bonds. The first-order valence-electron chi connectivity index (χ1n) is 5.60. The molecule has 8 heteroatoms. The lowest BCUT2D eigenvalue weighted by atomic mass is 10.3. The third-order valence-electron chi connectivity index (χ3n) is 2.59. The van der Waals surface area contributed by atoms with Crippen molar-refractivity contribution in [1.29, 1.82) is 0 Å². The number of hydrogen-bond acceptors (Lipinski definition) is 5. The standard InChI is InChI=1S/C12H13FN2O3S2/c1-18-10-6-8(13)2-3-9(10)15-20(16,17)12-4-5-19-11(12)7-14/h2-6,15H,7,14H2,1H3. The first-order chi connectivity index (χ1) is 9.47. The van der Waals surface area contributed by atoms with Gasteiger partial charge in [0.25, 0.3) is 10.0 Å². The molecule has 0 radical (unpaired) electrons. The Morgan fingerprint density at radius 1 is 1.40 bits per heavy atom. The van der Waals surface area contributed by atoms with E-state index in [0.717, 1.165) is 12.1 Å². The highest BCUT2D eigenvalue weighted by molar-refractivity contribution is 7.93. The van der Waals surface area contributed by atoms with Crippen LogP contribution in [0.2, 0.25) is 0 Å². The van der Waals surface area contributed by atoms with Crippen LogP contribution in [0.5, 0.6) is 5.75 Å². The van der Waals surface area contributed by atoms with Crippen LogP contribution in [-0.2, 0) is 16.6 Å². The van der Waals surface area contributed by atoms with E-state index in [4.69, 9.17) is 10.5 Å². The van der Waals surface area contributed by atoms with Gasteiger partial charge in [0.05, 0.1) is 12.8 Å². The third kappa shape index (κ3) is 2.92. The summed E-state index contributed by atoms with van der Waals surface area (Å²) in [4.78, 5) is 0.676. The lowest BCUT2D eigenvalue weighted by Crippen LogP contribution is -2.15. The second kappa shape index (κ2) is 5.78. The Labute approximate surface area is 120 Å². The first-order valence-corrected chi connectivity index (χ1v) is 7.97. The van der Waals surface area contributed by atoms with Gasteiger partial charge in [-0.25, -0.2) is 12.8 Å². The number of hydrogen-bond donors (Lipinski definition) is 2. The summed E-state index contributed by atoms with van der Waals surface area (Å²) in [6.45, 7) is 0.133. The number of methoxy groups -OCH3 is 1. The quantitative estimate of drug-likeness (QED) is 0.885. The predicted octanol–water partition coefficient (Wildman–Crippen LogP) is 2.16. The zero-order chi connectivity index (χ0) is 14.8. The summed E-state index contributed by atoms with van der Waals surface area (Å²) >= 11 is 1.26. The highest BCUT2D eigenvalue weighted by atomic mass is 32.2. The third-order valence-corrected chi connectivity index (χ3v) is 5.11. The summed E-state index contributed by atoms with van der Waals surface area (Å²) in [5, 5.41) is 1.65. The number of sulfonamides is 1. The average Bonchev–Trinajstić information content (AvgIpc) is 2.89. The summed E-state index contributed by atoms with van der Waals surface area (Å²) in [7, 11) is -2.44. The smallest absolute Gasteiger partial charge is 0.263 e. The highest BCUT2D eigenvalue weighted by Crippen LogP contribution is 2.29. The van der Waals surface area contributed by atoms with Crippen molar-refractivity contribution in [3.8, 4) is 5.75 Å². The molecule has 0 saturated carbocycles. The monoisotopic (exact) mass is 316 g/mol. The number of ether oxygens (including phenoxy) is 1. The van der Waals surface area contributed by atoms with E-state index >= 15 is 0 Å². The SMILES string of the molecule is COc1cc(F)ccc1NS(=O)(=O)c1ccsc1CN. The van der Waals surface area contributed by atoms with Crippen LogP contribution >= 0.6 is 11.3 Å². The Hall–Kier alpha value is -1.64. The molecule has 1 aromatic heterocycles. The minimum absolute atomic E-state index is 0.109.